The second-order valence-corrected chi connectivity index (χ2v) is 8.16. The van der Waals surface area contributed by atoms with E-state index in [1.165, 1.54) is 20.8 Å². The van der Waals surface area contributed by atoms with Crippen LogP contribution in [0.4, 0.5) is 8.78 Å². The summed E-state index contributed by atoms with van der Waals surface area (Å²) in [7, 11) is -3.69. The number of sulfonamides is 1. The predicted octanol–water partition coefficient (Wildman–Crippen LogP) is 3.00. The van der Waals surface area contributed by atoms with Crippen molar-refractivity contribution in [3.8, 4) is 0 Å². The normalized spacial score (nSPS) is 14.5. The molecule has 6 heteroatoms. The monoisotopic (exact) mass is 305 g/mol. The molecule has 20 heavy (non-hydrogen) atoms. The zero-order valence-electron chi connectivity index (χ0n) is 11.9. The van der Waals surface area contributed by atoms with Crippen LogP contribution in [0.1, 0.15) is 32.4 Å². The Bertz CT molecular complexity index is 508. The van der Waals surface area contributed by atoms with Gasteiger partial charge in [-0.25, -0.2) is 13.1 Å². The molecule has 1 N–H and O–H groups in total. The zero-order chi connectivity index (χ0) is 15.4. The molecule has 3 nitrogen and oxygen atoms in total. The summed E-state index contributed by atoms with van der Waals surface area (Å²) in [6.07, 6.45) is 0. The Morgan fingerprint density at radius 3 is 2.00 bits per heavy atom. The third-order valence-corrected chi connectivity index (χ3v) is 5.29. The number of halogens is 2. The van der Waals surface area contributed by atoms with E-state index in [0.717, 1.165) is 0 Å². The van der Waals surface area contributed by atoms with E-state index in [4.69, 9.17) is 0 Å². The molecule has 0 aliphatic heterocycles. The van der Waals surface area contributed by atoms with Gasteiger partial charge in [-0.15, -0.1) is 0 Å². The summed E-state index contributed by atoms with van der Waals surface area (Å²) in [6.45, 7) is 2.76. The lowest BCUT2D eigenvalue weighted by Crippen LogP contribution is -2.44. The molecule has 0 fully saturated rings. The van der Waals surface area contributed by atoms with E-state index >= 15 is 0 Å². The van der Waals surface area contributed by atoms with Crippen molar-refractivity contribution in [3.63, 3.8) is 0 Å². The first kappa shape index (κ1) is 17.0. The topological polar surface area (TPSA) is 46.2 Å². The lowest BCUT2D eigenvalue weighted by atomic mass is 9.96. The van der Waals surface area contributed by atoms with Gasteiger partial charge in [0, 0.05) is 5.92 Å². The van der Waals surface area contributed by atoms with Crippen LogP contribution < -0.4 is 4.72 Å². The lowest BCUT2D eigenvalue weighted by Gasteiger charge is -2.28. The van der Waals surface area contributed by atoms with Crippen molar-refractivity contribution in [1.82, 2.24) is 4.72 Å². The summed E-state index contributed by atoms with van der Waals surface area (Å²) in [5, 5.41) is 0. The summed E-state index contributed by atoms with van der Waals surface area (Å²) in [4.78, 5) is 0. The van der Waals surface area contributed by atoms with E-state index in [9.17, 15) is 17.2 Å². The van der Waals surface area contributed by atoms with Crippen molar-refractivity contribution in [2.24, 2.45) is 5.92 Å². The van der Waals surface area contributed by atoms with Gasteiger partial charge in [-0.05, 0) is 26.3 Å². The summed E-state index contributed by atoms with van der Waals surface area (Å²) in [6, 6.07) is 7.60. The van der Waals surface area contributed by atoms with Gasteiger partial charge in [0.25, 0.3) is 0 Å². The molecule has 1 aromatic rings. The minimum absolute atomic E-state index is 0.556. The van der Waals surface area contributed by atoms with Crippen LogP contribution in [0.2, 0.25) is 0 Å². The van der Waals surface area contributed by atoms with E-state index in [2.05, 4.69) is 4.72 Å². The van der Waals surface area contributed by atoms with Gasteiger partial charge in [-0.2, -0.15) is 0 Å². The van der Waals surface area contributed by atoms with Gasteiger partial charge in [-0.3, -0.25) is 8.78 Å². The maximum absolute atomic E-state index is 13.0. The van der Waals surface area contributed by atoms with Crippen molar-refractivity contribution in [2.45, 2.75) is 31.6 Å². The van der Waals surface area contributed by atoms with Gasteiger partial charge in [0.1, 0.15) is 0 Å². The number of nitrogens with one attached hydrogen (secondary N) is 1. The standard InChI is InChI=1S/C14H21F2NO2S/c1-14(2,3)20(18,19)17-13(12(9-15)10-16)11-7-5-4-6-8-11/h4-8,12-13,17H,9-10H2,1-3H3. The smallest absolute Gasteiger partial charge is 0.217 e. The molecule has 114 valence electrons. The molecule has 0 spiro atoms. The first-order valence-electron chi connectivity index (χ1n) is 6.41. The van der Waals surface area contributed by atoms with Crippen LogP contribution in [0.5, 0.6) is 0 Å². The van der Waals surface area contributed by atoms with Crippen LogP contribution in [0.25, 0.3) is 0 Å². The molecule has 0 amide bonds. The van der Waals surface area contributed by atoms with Crippen molar-refractivity contribution >= 4 is 10.0 Å². The number of hydrogen-bond acceptors (Lipinski definition) is 2. The first-order chi connectivity index (χ1) is 9.23. The van der Waals surface area contributed by atoms with Gasteiger partial charge in [0.15, 0.2) is 0 Å². The molecule has 0 aliphatic carbocycles. The fourth-order valence-electron chi connectivity index (χ4n) is 1.66. The maximum Gasteiger partial charge on any atom is 0.217 e. The van der Waals surface area contributed by atoms with Crippen molar-refractivity contribution in [3.05, 3.63) is 35.9 Å². The Balaban J connectivity index is 3.14. The molecule has 1 rings (SSSR count). The second-order valence-electron chi connectivity index (χ2n) is 5.69. The Morgan fingerprint density at radius 2 is 1.60 bits per heavy atom. The average molecular weight is 305 g/mol. The van der Waals surface area contributed by atoms with Crippen LogP contribution in [0.3, 0.4) is 0 Å². The number of alkyl halides is 2. The summed E-state index contributed by atoms with van der Waals surface area (Å²) in [5.74, 6) is -1.03. The van der Waals surface area contributed by atoms with E-state index in [0.29, 0.717) is 5.56 Å². The van der Waals surface area contributed by atoms with Gasteiger partial charge in [0.2, 0.25) is 10.0 Å². The zero-order valence-corrected chi connectivity index (χ0v) is 12.8. The highest BCUT2D eigenvalue weighted by atomic mass is 32.2. The predicted molar refractivity (Wildman–Crippen MR) is 76.4 cm³/mol. The number of hydrogen-bond donors (Lipinski definition) is 1. The average Bonchev–Trinajstić information content (AvgIpc) is 2.38. The maximum atomic E-state index is 13.0. The van der Waals surface area contributed by atoms with E-state index in [-0.39, 0.29) is 0 Å². The minimum atomic E-state index is -3.69. The largest absolute Gasteiger partial charge is 0.251 e. The fourth-order valence-corrected chi connectivity index (χ4v) is 2.68. The van der Waals surface area contributed by atoms with Crippen LogP contribution in [-0.4, -0.2) is 26.5 Å². The first-order valence-corrected chi connectivity index (χ1v) is 7.90. The third kappa shape index (κ3) is 3.99. The summed E-state index contributed by atoms with van der Waals surface area (Å²) >= 11 is 0. The molecular formula is C14H21F2NO2S. The Kier molecular flexibility index (Phi) is 5.65. The SMILES string of the molecule is CC(C)(C)S(=O)(=O)NC(c1ccccc1)C(CF)CF. The molecule has 1 atom stereocenters. The van der Waals surface area contributed by atoms with Crippen molar-refractivity contribution in [1.29, 1.82) is 0 Å². The Hall–Kier alpha value is -1.01. The molecule has 1 unspecified atom stereocenters. The molecule has 1 aromatic carbocycles. The number of benzene rings is 1. The molecule has 0 bridgehead atoms. The van der Waals surface area contributed by atoms with Gasteiger partial charge in [-0.1, -0.05) is 30.3 Å². The van der Waals surface area contributed by atoms with E-state index in [1.54, 1.807) is 30.3 Å². The molecular weight excluding hydrogens is 284 g/mol. The molecule has 0 saturated heterocycles. The molecule has 0 aromatic heterocycles. The van der Waals surface area contributed by atoms with Crippen molar-refractivity contribution in [2.75, 3.05) is 13.3 Å². The molecule has 0 radical (unpaired) electrons. The molecule has 0 saturated carbocycles. The third-order valence-electron chi connectivity index (χ3n) is 3.11. The van der Waals surface area contributed by atoms with E-state index < -0.39 is 40.1 Å². The molecule has 0 heterocycles. The highest BCUT2D eigenvalue weighted by molar-refractivity contribution is 7.90. The highest BCUT2D eigenvalue weighted by Gasteiger charge is 2.34. The quantitative estimate of drug-likeness (QED) is 0.878. The van der Waals surface area contributed by atoms with Crippen LogP contribution in [0, 0.1) is 5.92 Å². The van der Waals surface area contributed by atoms with Crippen LogP contribution >= 0.6 is 0 Å². The summed E-state index contributed by atoms with van der Waals surface area (Å²) < 4.78 is 51.8. The van der Waals surface area contributed by atoms with Crippen molar-refractivity contribution < 1.29 is 17.2 Å². The fraction of sp³-hybridized carbons (Fsp3) is 0.571. The van der Waals surface area contributed by atoms with E-state index in [1.807, 2.05) is 0 Å². The van der Waals surface area contributed by atoms with Crippen LogP contribution in [-0.2, 0) is 10.0 Å². The van der Waals surface area contributed by atoms with Crippen LogP contribution in [0.15, 0.2) is 30.3 Å². The number of rotatable bonds is 6. The highest BCUT2D eigenvalue weighted by Crippen LogP contribution is 2.27. The molecule has 0 aliphatic rings. The minimum Gasteiger partial charge on any atom is -0.251 e. The Labute approximate surface area is 119 Å². The summed E-state index contributed by atoms with van der Waals surface area (Å²) in [5.41, 5.74) is 0.556. The van der Waals surface area contributed by atoms with Gasteiger partial charge < -0.3 is 0 Å². The van der Waals surface area contributed by atoms with Gasteiger partial charge in [0.05, 0.1) is 24.1 Å². The lowest BCUT2D eigenvalue weighted by molar-refractivity contribution is 0.243. The Morgan fingerprint density at radius 1 is 1.10 bits per heavy atom. The van der Waals surface area contributed by atoms with Gasteiger partial charge >= 0.3 is 0 Å². The second kappa shape index (κ2) is 6.63.